The lowest BCUT2D eigenvalue weighted by Crippen LogP contribution is -2.46. The van der Waals surface area contributed by atoms with Crippen LogP contribution in [0, 0.1) is 0 Å². The van der Waals surface area contributed by atoms with E-state index in [1.54, 1.807) is 7.11 Å². The summed E-state index contributed by atoms with van der Waals surface area (Å²) >= 11 is 0. The van der Waals surface area contributed by atoms with Crippen LogP contribution in [0.1, 0.15) is 44.1 Å². The summed E-state index contributed by atoms with van der Waals surface area (Å²) < 4.78 is 11.6. The number of piperidine rings is 1. The van der Waals surface area contributed by atoms with E-state index in [9.17, 15) is 4.79 Å². The number of rotatable bonds is 5. The third-order valence-corrected chi connectivity index (χ3v) is 6.85. The Labute approximate surface area is 178 Å². The monoisotopic (exact) mass is 405 g/mol. The minimum absolute atomic E-state index is 0.129. The van der Waals surface area contributed by atoms with Gasteiger partial charge in [0.25, 0.3) is 0 Å². The van der Waals surface area contributed by atoms with E-state index >= 15 is 0 Å². The van der Waals surface area contributed by atoms with Gasteiger partial charge in [-0.25, -0.2) is 0 Å². The summed E-state index contributed by atoms with van der Waals surface area (Å²) in [7, 11) is 1.65. The first kappa shape index (κ1) is 19.4. The smallest absolute Gasteiger partial charge is 0.231 e. The summed E-state index contributed by atoms with van der Waals surface area (Å²) in [5, 5.41) is 0. The average Bonchev–Trinajstić information content (AvgIpc) is 2.74. The van der Waals surface area contributed by atoms with Gasteiger partial charge in [0.2, 0.25) is 5.91 Å². The predicted octanol–water partition coefficient (Wildman–Crippen LogP) is 4.70. The summed E-state index contributed by atoms with van der Waals surface area (Å²) in [4.78, 5) is 17.2. The van der Waals surface area contributed by atoms with Gasteiger partial charge >= 0.3 is 0 Å². The zero-order valence-electron chi connectivity index (χ0n) is 17.7. The number of amides is 1. The Morgan fingerprint density at radius 1 is 0.900 bits per heavy atom. The van der Waals surface area contributed by atoms with Crippen LogP contribution in [0.4, 0.5) is 11.4 Å². The fraction of sp³-hybridized carbons (Fsp3) is 0.480. The molecule has 1 amide bonds. The second-order valence-electron chi connectivity index (χ2n) is 8.66. The minimum Gasteiger partial charge on any atom is -0.497 e. The highest BCUT2D eigenvalue weighted by Crippen LogP contribution is 2.37. The number of hydrogen-bond acceptors (Lipinski definition) is 4. The number of anilines is 2. The first-order valence-electron chi connectivity index (χ1n) is 11.2. The molecule has 0 atom stereocenters. The van der Waals surface area contributed by atoms with Crippen molar-refractivity contribution in [2.45, 2.75) is 57.1 Å². The summed E-state index contributed by atoms with van der Waals surface area (Å²) in [5.74, 6) is 1.85. The number of benzene rings is 2. The first-order chi connectivity index (χ1) is 14.7. The van der Waals surface area contributed by atoms with Crippen LogP contribution >= 0.6 is 0 Å². The molecule has 2 fully saturated rings. The van der Waals surface area contributed by atoms with Gasteiger partial charge in [0, 0.05) is 31.2 Å². The zero-order valence-corrected chi connectivity index (χ0v) is 17.7. The fourth-order valence-electron chi connectivity index (χ4n) is 4.86. The maximum Gasteiger partial charge on any atom is 0.231 e. The second kappa shape index (κ2) is 8.31. The minimum atomic E-state index is 0.129. The number of nitrogens with zero attached hydrogens (tertiary/aromatic N) is 2. The van der Waals surface area contributed by atoms with Gasteiger partial charge in [-0.3, -0.25) is 9.69 Å². The topological polar surface area (TPSA) is 42.0 Å². The normalized spacial score (nSPS) is 20.6. The van der Waals surface area contributed by atoms with Crippen LogP contribution < -0.4 is 14.4 Å². The van der Waals surface area contributed by atoms with Gasteiger partial charge in [-0.05, 0) is 80.1 Å². The van der Waals surface area contributed by atoms with Crippen molar-refractivity contribution >= 4 is 17.3 Å². The van der Waals surface area contributed by atoms with Gasteiger partial charge in [-0.1, -0.05) is 6.42 Å². The van der Waals surface area contributed by atoms with Gasteiger partial charge in [-0.15, -0.1) is 0 Å². The van der Waals surface area contributed by atoms with Crippen LogP contribution in [0.2, 0.25) is 0 Å². The van der Waals surface area contributed by atoms with Crippen molar-refractivity contribution in [2.24, 2.45) is 0 Å². The molecule has 0 bridgehead atoms. The number of likely N-dealkylation sites (tertiary alicyclic amines) is 1. The zero-order chi connectivity index (χ0) is 20.5. The van der Waals surface area contributed by atoms with Gasteiger partial charge in [-0.2, -0.15) is 0 Å². The molecule has 3 aliphatic rings. The standard InChI is InChI=1S/C25H30N2O3/c1-29-21-8-6-20(7-9-21)27-24-11-10-23(17-18(24)5-12-25(27)28)30-22-13-15-26(16-14-22)19-3-2-4-19/h6-11,17,19,22H,2-5,12-16H2,1H3/i1-1. The molecule has 0 unspecified atom stereocenters. The van der Waals surface area contributed by atoms with Crippen LogP contribution in [0.15, 0.2) is 42.5 Å². The molecule has 2 heterocycles. The lowest BCUT2D eigenvalue weighted by Gasteiger charge is -2.41. The third kappa shape index (κ3) is 3.79. The number of fused-ring (bicyclic) bond motifs is 1. The van der Waals surface area contributed by atoms with E-state index in [1.807, 2.05) is 41.3 Å². The van der Waals surface area contributed by atoms with Crippen molar-refractivity contribution in [1.29, 1.82) is 0 Å². The molecule has 5 heteroatoms. The SMILES string of the molecule is [11CH3]Oc1ccc(N2C(=O)CCc3cc(OC4CCN(C5CCC5)CC4)ccc32)cc1. The van der Waals surface area contributed by atoms with Crippen LogP contribution in [0.3, 0.4) is 0 Å². The fourth-order valence-corrected chi connectivity index (χ4v) is 4.86. The number of carbonyl (C=O) groups excluding carboxylic acids is 1. The molecule has 5 nitrogen and oxygen atoms in total. The molecule has 158 valence electrons. The van der Waals surface area contributed by atoms with Crippen LogP contribution in [0.25, 0.3) is 0 Å². The molecular weight excluding hydrogens is 375 g/mol. The van der Waals surface area contributed by atoms with Gasteiger partial charge in [0.05, 0.1) is 12.8 Å². The third-order valence-electron chi connectivity index (χ3n) is 6.85. The van der Waals surface area contributed by atoms with Gasteiger partial charge < -0.3 is 14.4 Å². The van der Waals surface area contributed by atoms with Gasteiger partial charge in [0.15, 0.2) is 0 Å². The number of carbonyl (C=O) groups is 1. The largest absolute Gasteiger partial charge is 0.497 e. The number of ether oxygens (including phenoxy) is 2. The Hall–Kier alpha value is -2.53. The molecule has 5 rings (SSSR count). The van der Waals surface area contributed by atoms with E-state index in [1.165, 1.54) is 24.8 Å². The van der Waals surface area contributed by atoms with E-state index in [0.717, 1.165) is 61.3 Å². The summed E-state index contributed by atoms with van der Waals surface area (Å²) in [5.41, 5.74) is 3.01. The molecule has 1 saturated heterocycles. The molecule has 30 heavy (non-hydrogen) atoms. The predicted molar refractivity (Wildman–Crippen MR) is 118 cm³/mol. The second-order valence-corrected chi connectivity index (χ2v) is 8.66. The summed E-state index contributed by atoms with van der Waals surface area (Å²) in [6, 6.07) is 14.7. The van der Waals surface area contributed by atoms with Crippen molar-refractivity contribution in [3.63, 3.8) is 0 Å². The molecule has 2 aromatic rings. The molecule has 0 aromatic heterocycles. The van der Waals surface area contributed by atoms with E-state index in [-0.39, 0.29) is 5.91 Å². The average molecular weight is 406 g/mol. The Balaban J connectivity index is 1.29. The number of methoxy groups -OCH3 is 1. The summed E-state index contributed by atoms with van der Waals surface area (Å²) in [6.45, 7) is 2.31. The Bertz CT molecular complexity index is 899. The molecule has 0 spiro atoms. The molecule has 2 aliphatic heterocycles. The van der Waals surface area contributed by atoms with E-state index in [0.29, 0.717) is 12.5 Å². The van der Waals surface area contributed by atoms with Crippen molar-refractivity contribution in [1.82, 2.24) is 4.90 Å². The Kier molecular flexibility index (Phi) is 5.38. The maximum absolute atomic E-state index is 12.7. The molecular formula is C25H30N2O3. The van der Waals surface area contributed by atoms with Crippen molar-refractivity contribution in [2.75, 3.05) is 25.1 Å². The van der Waals surface area contributed by atoms with E-state index in [4.69, 9.17) is 9.47 Å². The van der Waals surface area contributed by atoms with Crippen molar-refractivity contribution in [3.8, 4) is 11.5 Å². The Morgan fingerprint density at radius 2 is 1.63 bits per heavy atom. The van der Waals surface area contributed by atoms with Crippen LogP contribution in [0.5, 0.6) is 11.5 Å². The highest BCUT2D eigenvalue weighted by Gasteiger charge is 2.30. The Morgan fingerprint density at radius 3 is 2.30 bits per heavy atom. The molecule has 0 N–H and O–H groups in total. The van der Waals surface area contributed by atoms with E-state index in [2.05, 4.69) is 11.0 Å². The van der Waals surface area contributed by atoms with E-state index < -0.39 is 0 Å². The highest BCUT2D eigenvalue weighted by molar-refractivity contribution is 6.03. The number of hydrogen-bond donors (Lipinski definition) is 0. The first-order valence-corrected chi connectivity index (χ1v) is 11.2. The molecule has 1 aliphatic carbocycles. The lowest BCUT2D eigenvalue weighted by atomic mass is 9.90. The number of aryl methyl sites for hydroxylation is 1. The molecule has 2 aromatic carbocycles. The highest BCUT2D eigenvalue weighted by atomic mass is 16.5. The van der Waals surface area contributed by atoms with Gasteiger partial charge in [0.1, 0.15) is 17.6 Å². The van der Waals surface area contributed by atoms with Crippen molar-refractivity contribution in [3.05, 3.63) is 48.0 Å². The van der Waals surface area contributed by atoms with Crippen molar-refractivity contribution < 1.29 is 14.3 Å². The van der Waals surface area contributed by atoms with Crippen LogP contribution in [-0.4, -0.2) is 43.2 Å². The molecule has 0 radical (unpaired) electrons. The maximum atomic E-state index is 12.7. The van der Waals surface area contributed by atoms with Crippen LogP contribution in [-0.2, 0) is 11.2 Å². The quantitative estimate of drug-likeness (QED) is 0.723. The molecule has 1 saturated carbocycles. The lowest BCUT2D eigenvalue weighted by molar-refractivity contribution is -0.118. The summed E-state index contributed by atoms with van der Waals surface area (Å²) in [6.07, 6.45) is 7.92.